The van der Waals surface area contributed by atoms with E-state index in [1.54, 1.807) is 12.5 Å². The minimum atomic E-state index is 0.0246. The molecule has 0 atom stereocenters. The van der Waals surface area contributed by atoms with Crippen molar-refractivity contribution in [2.24, 2.45) is 0 Å². The molecule has 0 aliphatic heterocycles. The van der Waals surface area contributed by atoms with E-state index in [1.807, 2.05) is 47.7 Å². The van der Waals surface area contributed by atoms with Gasteiger partial charge in [-0.25, -0.2) is 9.97 Å². The van der Waals surface area contributed by atoms with E-state index in [2.05, 4.69) is 22.5 Å². The Morgan fingerprint density at radius 3 is 2.83 bits per heavy atom. The Morgan fingerprint density at radius 2 is 2.03 bits per heavy atom. The van der Waals surface area contributed by atoms with Crippen molar-refractivity contribution >= 4 is 51.3 Å². The van der Waals surface area contributed by atoms with Gasteiger partial charge in [0.15, 0.2) is 5.82 Å². The number of carbonyl (C=O) groups is 1. The first kappa shape index (κ1) is 20.2. The molecule has 2 heterocycles. The third kappa shape index (κ3) is 4.09. The number of halogens is 1. The number of aromatic nitrogens is 3. The van der Waals surface area contributed by atoms with Crippen molar-refractivity contribution in [3.8, 4) is 0 Å². The van der Waals surface area contributed by atoms with Crippen LogP contribution in [0.2, 0.25) is 5.02 Å². The zero-order chi connectivity index (χ0) is 21.1. The van der Waals surface area contributed by atoms with E-state index in [0.717, 1.165) is 52.8 Å². The smallest absolute Gasteiger partial charge is 0.224 e. The monoisotopic (exact) mass is 421 g/mol. The van der Waals surface area contributed by atoms with Gasteiger partial charge in [0.1, 0.15) is 5.52 Å². The fraction of sp³-hybridized carbons (Fsp3) is 0.261. The standard InChI is InChI=1S/C23H24ClN5O/c1-3-4-5-9-21(30)26-16-10-11-19-18(12-16)27-23(20-13-25-14-29(19)20)28-22-15(2)7-6-8-17(22)24/h6-8,10-14H,3-5,9H2,1-2H3,(H,26,30)(H,27,28). The van der Waals surface area contributed by atoms with Crippen LogP contribution in [0, 0.1) is 6.92 Å². The molecular formula is C23H24ClN5O. The van der Waals surface area contributed by atoms with Gasteiger partial charge in [-0.05, 0) is 43.2 Å². The van der Waals surface area contributed by atoms with Crippen molar-refractivity contribution in [2.75, 3.05) is 10.6 Å². The molecule has 0 fully saturated rings. The Bertz CT molecular complexity index is 1200. The van der Waals surface area contributed by atoms with Crippen LogP contribution in [0.1, 0.15) is 38.2 Å². The molecule has 0 spiro atoms. The predicted octanol–water partition coefficient (Wildman–Crippen LogP) is 6.11. The fourth-order valence-corrected chi connectivity index (χ4v) is 3.76. The average Bonchev–Trinajstić information content (AvgIpc) is 3.21. The number of nitrogens with one attached hydrogen (secondary N) is 2. The summed E-state index contributed by atoms with van der Waals surface area (Å²) in [4.78, 5) is 21.3. The van der Waals surface area contributed by atoms with E-state index in [1.165, 1.54) is 0 Å². The molecule has 6 nitrogen and oxygen atoms in total. The summed E-state index contributed by atoms with van der Waals surface area (Å²) in [6.45, 7) is 4.12. The lowest BCUT2D eigenvalue weighted by Crippen LogP contribution is -2.11. The summed E-state index contributed by atoms with van der Waals surface area (Å²) in [5.74, 6) is 0.680. The number of hydrogen-bond acceptors (Lipinski definition) is 4. The Morgan fingerprint density at radius 1 is 1.17 bits per heavy atom. The summed E-state index contributed by atoms with van der Waals surface area (Å²) in [5, 5.41) is 6.97. The molecule has 30 heavy (non-hydrogen) atoms. The first-order valence-electron chi connectivity index (χ1n) is 10.1. The van der Waals surface area contributed by atoms with Gasteiger partial charge >= 0.3 is 0 Å². The second-order valence-corrected chi connectivity index (χ2v) is 7.78. The quantitative estimate of drug-likeness (QED) is 0.353. The maximum absolute atomic E-state index is 12.2. The van der Waals surface area contributed by atoms with Crippen LogP contribution in [0.5, 0.6) is 0 Å². The number of fused-ring (bicyclic) bond motifs is 3. The summed E-state index contributed by atoms with van der Waals surface area (Å²) >= 11 is 6.40. The predicted molar refractivity (Wildman–Crippen MR) is 123 cm³/mol. The van der Waals surface area contributed by atoms with Gasteiger partial charge in [-0.3, -0.25) is 9.20 Å². The van der Waals surface area contributed by atoms with Crippen molar-refractivity contribution < 1.29 is 4.79 Å². The van der Waals surface area contributed by atoms with Crippen molar-refractivity contribution in [3.05, 3.63) is 59.5 Å². The van der Waals surface area contributed by atoms with Gasteiger partial charge in [-0.1, -0.05) is 43.5 Å². The minimum absolute atomic E-state index is 0.0246. The number of imidazole rings is 1. The average molecular weight is 422 g/mol. The number of aryl methyl sites for hydroxylation is 1. The Kier molecular flexibility index (Phi) is 5.86. The SMILES string of the molecule is CCCCCC(=O)Nc1ccc2c(c1)nc(Nc1c(C)cccc1Cl)c1cncn12. The number of benzene rings is 2. The fourth-order valence-electron chi connectivity index (χ4n) is 3.49. The number of rotatable bonds is 7. The lowest BCUT2D eigenvalue weighted by atomic mass is 10.2. The highest BCUT2D eigenvalue weighted by atomic mass is 35.5. The van der Waals surface area contributed by atoms with E-state index >= 15 is 0 Å². The van der Waals surface area contributed by atoms with E-state index in [9.17, 15) is 4.79 Å². The maximum atomic E-state index is 12.2. The minimum Gasteiger partial charge on any atom is -0.337 e. The van der Waals surface area contributed by atoms with Crippen LogP contribution in [0.3, 0.4) is 0 Å². The maximum Gasteiger partial charge on any atom is 0.224 e. The van der Waals surface area contributed by atoms with Crippen molar-refractivity contribution in [1.82, 2.24) is 14.4 Å². The topological polar surface area (TPSA) is 71.3 Å². The lowest BCUT2D eigenvalue weighted by Gasteiger charge is -2.14. The number of hydrogen-bond donors (Lipinski definition) is 2. The number of anilines is 3. The normalized spacial score (nSPS) is 11.2. The molecule has 0 aliphatic carbocycles. The highest BCUT2D eigenvalue weighted by Crippen LogP contribution is 2.31. The van der Waals surface area contributed by atoms with Crippen LogP contribution < -0.4 is 10.6 Å². The molecule has 154 valence electrons. The van der Waals surface area contributed by atoms with Crippen molar-refractivity contribution in [2.45, 2.75) is 39.5 Å². The van der Waals surface area contributed by atoms with Crippen LogP contribution in [0.15, 0.2) is 48.9 Å². The lowest BCUT2D eigenvalue weighted by molar-refractivity contribution is -0.116. The van der Waals surface area contributed by atoms with E-state index in [-0.39, 0.29) is 5.91 Å². The summed E-state index contributed by atoms with van der Waals surface area (Å²) in [7, 11) is 0. The summed E-state index contributed by atoms with van der Waals surface area (Å²) in [5.41, 5.74) is 5.07. The van der Waals surface area contributed by atoms with Gasteiger partial charge in [0, 0.05) is 12.1 Å². The second kappa shape index (κ2) is 8.71. The number of carbonyl (C=O) groups excluding carboxylic acids is 1. The third-order valence-corrected chi connectivity index (χ3v) is 5.42. The van der Waals surface area contributed by atoms with Crippen molar-refractivity contribution in [1.29, 1.82) is 0 Å². The van der Waals surface area contributed by atoms with Crippen LogP contribution in [0.25, 0.3) is 16.6 Å². The Hall–Kier alpha value is -3.12. The molecule has 0 unspecified atom stereocenters. The van der Waals surface area contributed by atoms with Crippen LogP contribution in [-0.2, 0) is 4.79 Å². The zero-order valence-corrected chi connectivity index (χ0v) is 17.8. The van der Waals surface area contributed by atoms with Crippen LogP contribution in [-0.4, -0.2) is 20.3 Å². The van der Waals surface area contributed by atoms with Crippen LogP contribution >= 0.6 is 11.6 Å². The molecule has 1 amide bonds. The number of nitrogens with zero attached hydrogens (tertiary/aromatic N) is 3. The molecule has 0 saturated heterocycles. The molecular weight excluding hydrogens is 398 g/mol. The summed E-state index contributed by atoms with van der Waals surface area (Å²) in [6, 6.07) is 11.5. The summed E-state index contributed by atoms with van der Waals surface area (Å²) in [6.07, 6.45) is 7.10. The zero-order valence-electron chi connectivity index (χ0n) is 17.1. The molecule has 2 aromatic carbocycles. The molecule has 7 heteroatoms. The molecule has 2 N–H and O–H groups in total. The summed E-state index contributed by atoms with van der Waals surface area (Å²) < 4.78 is 1.98. The number of unbranched alkanes of at least 4 members (excludes halogenated alkanes) is 2. The van der Waals surface area contributed by atoms with Gasteiger partial charge in [-0.2, -0.15) is 0 Å². The highest BCUT2D eigenvalue weighted by molar-refractivity contribution is 6.33. The van der Waals surface area contributed by atoms with Crippen molar-refractivity contribution in [3.63, 3.8) is 0 Å². The molecule has 0 bridgehead atoms. The van der Waals surface area contributed by atoms with E-state index < -0.39 is 0 Å². The largest absolute Gasteiger partial charge is 0.337 e. The number of amides is 1. The van der Waals surface area contributed by atoms with E-state index in [4.69, 9.17) is 16.6 Å². The molecule has 0 aliphatic rings. The van der Waals surface area contributed by atoms with Gasteiger partial charge < -0.3 is 10.6 Å². The van der Waals surface area contributed by atoms with Gasteiger partial charge in [0.2, 0.25) is 5.91 Å². The van der Waals surface area contributed by atoms with Gasteiger partial charge in [0.05, 0.1) is 34.3 Å². The van der Waals surface area contributed by atoms with Gasteiger partial charge in [-0.15, -0.1) is 0 Å². The van der Waals surface area contributed by atoms with E-state index in [0.29, 0.717) is 17.3 Å². The second-order valence-electron chi connectivity index (χ2n) is 7.37. The highest BCUT2D eigenvalue weighted by Gasteiger charge is 2.13. The first-order valence-corrected chi connectivity index (χ1v) is 10.5. The number of para-hydroxylation sites is 1. The molecule has 4 aromatic rings. The third-order valence-electron chi connectivity index (χ3n) is 5.10. The first-order chi connectivity index (χ1) is 14.6. The van der Waals surface area contributed by atoms with Gasteiger partial charge in [0.25, 0.3) is 0 Å². The molecule has 4 rings (SSSR count). The molecule has 0 saturated carbocycles. The molecule has 2 aromatic heterocycles. The Labute approximate surface area is 180 Å². The Balaban J connectivity index is 1.70. The van der Waals surface area contributed by atoms with Crippen LogP contribution in [0.4, 0.5) is 17.2 Å². The molecule has 0 radical (unpaired) electrons.